The van der Waals surface area contributed by atoms with Crippen LogP contribution < -0.4 is 5.73 Å². The van der Waals surface area contributed by atoms with Crippen molar-refractivity contribution in [1.82, 2.24) is 4.90 Å². The molecule has 2 heterocycles. The number of nitrogens with two attached hydrogens (primary N) is 1. The highest BCUT2D eigenvalue weighted by Gasteiger charge is 2.15. The predicted octanol–water partition coefficient (Wildman–Crippen LogP) is 3.52. The average molecular weight is 278 g/mol. The van der Waals surface area contributed by atoms with Gasteiger partial charge in [0.05, 0.1) is 6.54 Å². The number of rotatable bonds is 6. The fourth-order valence-corrected chi connectivity index (χ4v) is 2.82. The number of aryl methyl sites for hydroxylation is 1. The summed E-state index contributed by atoms with van der Waals surface area (Å²) in [6.07, 6.45) is 0. The molecular formula is C15H22N2OS. The summed E-state index contributed by atoms with van der Waals surface area (Å²) in [5.41, 5.74) is 6.87. The van der Waals surface area contributed by atoms with Crippen molar-refractivity contribution in [3.63, 3.8) is 0 Å². The van der Waals surface area contributed by atoms with Crippen molar-refractivity contribution in [3.05, 3.63) is 45.5 Å². The zero-order valence-corrected chi connectivity index (χ0v) is 12.7. The van der Waals surface area contributed by atoms with E-state index in [2.05, 4.69) is 42.3 Å². The lowest BCUT2D eigenvalue weighted by molar-refractivity contribution is 0.204. The van der Waals surface area contributed by atoms with Gasteiger partial charge in [0.15, 0.2) is 0 Å². The van der Waals surface area contributed by atoms with Crippen LogP contribution in [-0.2, 0) is 19.6 Å². The maximum Gasteiger partial charge on any atom is 0.118 e. The highest BCUT2D eigenvalue weighted by atomic mass is 32.1. The van der Waals surface area contributed by atoms with Gasteiger partial charge in [0.2, 0.25) is 0 Å². The van der Waals surface area contributed by atoms with Crippen molar-refractivity contribution >= 4 is 11.3 Å². The van der Waals surface area contributed by atoms with Crippen molar-refractivity contribution < 1.29 is 4.42 Å². The van der Waals surface area contributed by atoms with Gasteiger partial charge in [-0.15, -0.1) is 11.3 Å². The molecule has 0 amide bonds. The SMILES string of the molecule is Cc1oc(CN)cc1CN(Cc1cccs1)C(C)C. The molecule has 0 saturated carbocycles. The molecule has 2 aromatic rings. The van der Waals surface area contributed by atoms with Crippen LogP contribution in [0.15, 0.2) is 28.0 Å². The Hall–Kier alpha value is -1.10. The first-order chi connectivity index (χ1) is 9.10. The Balaban J connectivity index is 2.09. The summed E-state index contributed by atoms with van der Waals surface area (Å²) in [6, 6.07) is 6.87. The number of hydrogen-bond donors (Lipinski definition) is 1. The fraction of sp³-hybridized carbons (Fsp3) is 0.467. The molecule has 0 atom stereocenters. The fourth-order valence-electron chi connectivity index (χ4n) is 2.09. The van der Waals surface area contributed by atoms with Crippen LogP contribution >= 0.6 is 11.3 Å². The van der Waals surface area contributed by atoms with Crippen LogP contribution in [0.5, 0.6) is 0 Å². The largest absolute Gasteiger partial charge is 0.465 e. The third-order valence-electron chi connectivity index (χ3n) is 3.32. The summed E-state index contributed by atoms with van der Waals surface area (Å²) in [4.78, 5) is 3.85. The van der Waals surface area contributed by atoms with E-state index in [0.717, 1.165) is 24.6 Å². The molecule has 0 spiro atoms. The summed E-state index contributed by atoms with van der Waals surface area (Å²) >= 11 is 1.81. The van der Waals surface area contributed by atoms with Crippen LogP contribution in [0.3, 0.4) is 0 Å². The standard InChI is InChI=1S/C15H22N2OS/c1-11(2)17(10-15-5-4-6-19-15)9-13-7-14(8-16)18-12(13)3/h4-7,11H,8-10,16H2,1-3H3. The molecule has 19 heavy (non-hydrogen) atoms. The molecule has 4 heteroatoms. The quantitative estimate of drug-likeness (QED) is 0.879. The topological polar surface area (TPSA) is 42.4 Å². The summed E-state index contributed by atoms with van der Waals surface area (Å²) in [5, 5.41) is 2.13. The van der Waals surface area contributed by atoms with Gasteiger partial charge in [0.25, 0.3) is 0 Å². The second kappa shape index (κ2) is 6.37. The smallest absolute Gasteiger partial charge is 0.118 e. The van der Waals surface area contributed by atoms with Crippen molar-refractivity contribution in [2.75, 3.05) is 0 Å². The lowest BCUT2D eigenvalue weighted by atomic mass is 10.2. The lowest BCUT2D eigenvalue weighted by Gasteiger charge is -2.25. The Morgan fingerprint density at radius 1 is 1.37 bits per heavy atom. The van der Waals surface area contributed by atoms with Crippen LogP contribution in [0.4, 0.5) is 0 Å². The Morgan fingerprint density at radius 3 is 2.68 bits per heavy atom. The number of nitrogens with zero attached hydrogens (tertiary/aromatic N) is 1. The van der Waals surface area contributed by atoms with Gasteiger partial charge in [-0.2, -0.15) is 0 Å². The molecule has 0 aliphatic heterocycles. The van der Waals surface area contributed by atoms with Gasteiger partial charge in [-0.1, -0.05) is 6.07 Å². The number of hydrogen-bond acceptors (Lipinski definition) is 4. The molecular weight excluding hydrogens is 256 g/mol. The number of furan rings is 1. The van der Waals surface area contributed by atoms with Gasteiger partial charge in [0, 0.05) is 29.6 Å². The summed E-state index contributed by atoms with van der Waals surface area (Å²) in [5.74, 6) is 1.85. The third kappa shape index (κ3) is 3.69. The van der Waals surface area contributed by atoms with Crippen LogP contribution in [0.2, 0.25) is 0 Å². The predicted molar refractivity (Wildman–Crippen MR) is 80.0 cm³/mol. The van der Waals surface area contributed by atoms with Gasteiger partial charge in [-0.05, 0) is 38.3 Å². The highest BCUT2D eigenvalue weighted by Crippen LogP contribution is 2.20. The van der Waals surface area contributed by atoms with E-state index in [9.17, 15) is 0 Å². The molecule has 0 fully saturated rings. The first kappa shape index (κ1) is 14.3. The van der Waals surface area contributed by atoms with Gasteiger partial charge in [0.1, 0.15) is 11.5 Å². The van der Waals surface area contributed by atoms with E-state index in [1.165, 1.54) is 10.4 Å². The molecule has 0 unspecified atom stereocenters. The minimum Gasteiger partial charge on any atom is -0.465 e. The van der Waals surface area contributed by atoms with Crippen molar-refractivity contribution in [1.29, 1.82) is 0 Å². The van der Waals surface area contributed by atoms with Crippen LogP contribution in [0.1, 0.15) is 35.8 Å². The van der Waals surface area contributed by atoms with Gasteiger partial charge >= 0.3 is 0 Å². The zero-order valence-electron chi connectivity index (χ0n) is 11.8. The normalized spacial score (nSPS) is 11.7. The first-order valence-electron chi connectivity index (χ1n) is 6.65. The summed E-state index contributed by atoms with van der Waals surface area (Å²) < 4.78 is 5.63. The molecule has 3 nitrogen and oxygen atoms in total. The second-order valence-electron chi connectivity index (χ2n) is 5.08. The summed E-state index contributed by atoms with van der Waals surface area (Å²) in [6.45, 7) is 8.83. The summed E-state index contributed by atoms with van der Waals surface area (Å²) in [7, 11) is 0. The van der Waals surface area contributed by atoms with E-state index < -0.39 is 0 Å². The van der Waals surface area contributed by atoms with E-state index in [-0.39, 0.29) is 0 Å². The van der Waals surface area contributed by atoms with E-state index >= 15 is 0 Å². The second-order valence-corrected chi connectivity index (χ2v) is 6.11. The minimum atomic E-state index is 0.466. The molecule has 0 radical (unpaired) electrons. The van der Waals surface area contributed by atoms with Crippen LogP contribution in [0, 0.1) is 6.92 Å². The molecule has 2 rings (SSSR count). The molecule has 0 aromatic carbocycles. The Labute approximate surface area is 119 Å². The average Bonchev–Trinajstić information content (AvgIpc) is 2.99. The maximum atomic E-state index is 5.63. The van der Waals surface area contributed by atoms with Crippen LogP contribution in [0.25, 0.3) is 0 Å². The van der Waals surface area contributed by atoms with Crippen molar-refractivity contribution in [2.24, 2.45) is 5.73 Å². The maximum absolute atomic E-state index is 5.63. The lowest BCUT2D eigenvalue weighted by Crippen LogP contribution is -2.29. The molecule has 2 N–H and O–H groups in total. The zero-order chi connectivity index (χ0) is 13.8. The third-order valence-corrected chi connectivity index (χ3v) is 4.18. The van der Waals surface area contributed by atoms with E-state index in [1.54, 1.807) is 0 Å². The Kier molecular flexibility index (Phi) is 4.80. The highest BCUT2D eigenvalue weighted by molar-refractivity contribution is 7.09. The van der Waals surface area contributed by atoms with E-state index in [1.807, 2.05) is 18.3 Å². The van der Waals surface area contributed by atoms with Crippen molar-refractivity contribution in [3.8, 4) is 0 Å². The van der Waals surface area contributed by atoms with Gasteiger partial charge in [-0.25, -0.2) is 0 Å². The molecule has 2 aromatic heterocycles. The van der Waals surface area contributed by atoms with E-state index in [4.69, 9.17) is 10.2 Å². The van der Waals surface area contributed by atoms with Gasteiger partial charge in [-0.3, -0.25) is 4.90 Å². The van der Waals surface area contributed by atoms with Crippen LogP contribution in [-0.4, -0.2) is 10.9 Å². The van der Waals surface area contributed by atoms with Gasteiger partial charge < -0.3 is 10.2 Å². The minimum absolute atomic E-state index is 0.466. The molecule has 104 valence electrons. The first-order valence-corrected chi connectivity index (χ1v) is 7.52. The Morgan fingerprint density at radius 2 is 2.16 bits per heavy atom. The molecule has 0 saturated heterocycles. The number of thiophene rings is 1. The van der Waals surface area contributed by atoms with Crippen molar-refractivity contribution in [2.45, 2.75) is 46.4 Å². The monoisotopic (exact) mass is 278 g/mol. The molecule has 0 aliphatic rings. The molecule has 0 bridgehead atoms. The Bertz CT molecular complexity index is 502. The van der Waals surface area contributed by atoms with E-state index in [0.29, 0.717) is 12.6 Å². The molecule has 0 aliphatic carbocycles.